The van der Waals surface area contributed by atoms with E-state index in [0.29, 0.717) is 61.5 Å². The molecule has 0 amide bonds. The smallest absolute Gasteiger partial charge is 0.252 e. The first kappa shape index (κ1) is 35.5. The Hall–Kier alpha value is -11.7. The summed E-state index contributed by atoms with van der Waals surface area (Å²) >= 11 is 0. The first-order valence-electron chi connectivity index (χ1n) is 41.3. The Bertz CT molecular complexity index is 6530. The molecule has 92 heavy (non-hydrogen) atoms. The van der Waals surface area contributed by atoms with E-state index in [2.05, 4.69) is 11.0 Å². The van der Waals surface area contributed by atoms with Crippen molar-refractivity contribution in [1.82, 2.24) is 19.5 Å². The molecule has 2 aromatic heterocycles. The van der Waals surface area contributed by atoms with Crippen molar-refractivity contribution >= 4 is 79.0 Å². The van der Waals surface area contributed by atoms with Crippen LogP contribution in [0.5, 0.6) is 0 Å². The molecule has 0 aliphatic carbocycles. The van der Waals surface area contributed by atoms with Crippen molar-refractivity contribution in [2.75, 3.05) is 9.80 Å². The number of para-hydroxylation sites is 2. The van der Waals surface area contributed by atoms with Crippen molar-refractivity contribution in [2.45, 2.75) is 26.2 Å². The molecule has 15 aromatic rings. The van der Waals surface area contributed by atoms with Crippen molar-refractivity contribution in [2.24, 2.45) is 0 Å². The van der Waals surface area contributed by atoms with Gasteiger partial charge >= 0.3 is 0 Å². The van der Waals surface area contributed by atoms with Crippen LogP contribution in [0.2, 0.25) is 0 Å². The summed E-state index contributed by atoms with van der Waals surface area (Å²) < 4.78 is 212. The summed E-state index contributed by atoms with van der Waals surface area (Å²) in [5.74, 6) is -1.34. The molecule has 0 unspecified atom stereocenters. The summed E-state index contributed by atoms with van der Waals surface area (Å²) in [4.78, 5) is 19.0. The predicted octanol–water partition coefficient (Wildman–Crippen LogP) is 20.0. The summed E-state index contributed by atoms with van der Waals surface area (Å²) in [6, 6.07) is 40.4. The molecule has 6 nitrogen and oxygen atoms in total. The number of hydrogen-bond acceptors (Lipinski definition) is 5. The van der Waals surface area contributed by atoms with Gasteiger partial charge in [0.1, 0.15) is 0 Å². The Kier molecular flexibility index (Phi) is 8.54. The van der Waals surface area contributed by atoms with Crippen LogP contribution in [0.25, 0.3) is 106 Å². The molecule has 0 radical (unpaired) electrons. The van der Waals surface area contributed by atoms with E-state index in [1.54, 1.807) is 18.2 Å². The molecule has 0 spiro atoms. The van der Waals surface area contributed by atoms with Crippen molar-refractivity contribution < 1.29 is 31.5 Å². The highest BCUT2D eigenvalue weighted by Gasteiger charge is 2.45. The van der Waals surface area contributed by atoms with Gasteiger partial charge < -0.3 is 14.4 Å². The summed E-state index contributed by atoms with van der Waals surface area (Å²) in [6.07, 6.45) is 0. The zero-order valence-electron chi connectivity index (χ0n) is 72.5. The molecule has 7 heteroatoms. The fraction of sp³-hybridized carbons (Fsp3) is 0.0471. The minimum Gasteiger partial charge on any atom is -0.311 e. The molecular weight excluding hydrogens is 1120 g/mol. The quantitative estimate of drug-likeness (QED) is 0.128. The van der Waals surface area contributed by atoms with Crippen molar-refractivity contribution in [3.8, 4) is 84.4 Å². The van der Waals surface area contributed by atoms with Gasteiger partial charge in [0.15, 0.2) is 17.5 Å². The number of nitrogens with zero attached hydrogens (tertiary/aromatic N) is 6. The fourth-order valence-electron chi connectivity index (χ4n) is 12.9. The summed E-state index contributed by atoms with van der Waals surface area (Å²) in [6.45, 7) is 5.06. The van der Waals surface area contributed by atoms with Crippen LogP contribution in [-0.4, -0.2) is 26.2 Å². The molecule has 0 N–H and O–H groups in total. The zero-order valence-corrected chi connectivity index (χ0v) is 49.5. The van der Waals surface area contributed by atoms with E-state index in [4.69, 9.17) is 32.8 Å². The molecule has 4 heterocycles. The zero-order chi connectivity index (χ0) is 81.5. The van der Waals surface area contributed by atoms with Crippen molar-refractivity contribution in [3.05, 3.63) is 320 Å². The Morgan fingerprint density at radius 3 is 1.41 bits per heavy atom. The molecule has 0 atom stereocenters. The lowest BCUT2D eigenvalue weighted by Gasteiger charge is -2.45. The van der Waals surface area contributed by atoms with Crippen molar-refractivity contribution in [1.29, 1.82) is 0 Å². The maximum atomic E-state index is 9.66. The lowest BCUT2D eigenvalue weighted by atomic mass is 9.33. The van der Waals surface area contributed by atoms with E-state index in [1.165, 1.54) is 4.57 Å². The molecule has 0 saturated carbocycles. The van der Waals surface area contributed by atoms with Gasteiger partial charge in [-0.05, 0) is 127 Å². The standard InChI is InChI=1S/C85H61BN6/c1-85(2,3)64-53-69(59-33-16-7-17-34-59)81(70(54-64)84-88-82(60-35-18-8-19-36-60)87-83(89-84)61-37-20-9-21-38-61)92-77-44-26-43-76-80(77)86(71-48-45-63(52-78(71)92)57-29-12-5-13-30-57)72-49-47-65(90-73-41-24-22-39-66(73)67-40-23-25-42-74(67)90)55-79(72)91(76)75-50-46-62(56-27-10-4-11-28-56)51-68(75)58-31-14-6-15-32-58/h4-55H,1-3H3/i5D,8D,9D,12D,13D,18D,19D,20D,21D,22D,23D,24D,25D,29D,30D,35D,36D,37D,38D,39D,40D,41D,42D. The molecule has 2 aliphatic rings. The first-order chi connectivity index (χ1) is 54.8. The van der Waals surface area contributed by atoms with Crippen molar-refractivity contribution in [3.63, 3.8) is 0 Å². The van der Waals surface area contributed by atoms with E-state index in [1.807, 2.05) is 177 Å². The maximum Gasteiger partial charge on any atom is 0.252 e. The Balaban J connectivity index is 1.05. The van der Waals surface area contributed by atoms with Gasteiger partial charge in [0.25, 0.3) is 6.71 Å². The van der Waals surface area contributed by atoms with Gasteiger partial charge in [-0.2, -0.15) is 0 Å². The number of hydrogen-bond donors (Lipinski definition) is 0. The van der Waals surface area contributed by atoms with Crippen LogP contribution in [0.3, 0.4) is 0 Å². The van der Waals surface area contributed by atoms with Crippen LogP contribution in [0, 0.1) is 0 Å². The van der Waals surface area contributed by atoms with Crippen LogP contribution in [0.15, 0.2) is 315 Å². The number of aromatic nitrogens is 4. The van der Waals surface area contributed by atoms with Gasteiger partial charge in [-0.1, -0.05) is 269 Å². The largest absolute Gasteiger partial charge is 0.311 e. The van der Waals surface area contributed by atoms with Crippen LogP contribution in [-0.2, 0) is 5.41 Å². The highest BCUT2D eigenvalue weighted by molar-refractivity contribution is 7.00. The molecule has 0 fully saturated rings. The molecule has 0 saturated heterocycles. The normalized spacial score (nSPS) is 15.9. The number of fused-ring (bicyclic) bond motifs is 7. The predicted molar refractivity (Wildman–Crippen MR) is 385 cm³/mol. The van der Waals surface area contributed by atoms with Crippen LogP contribution in [0.1, 0.15) is 57.9 Å². The van der Waals surface area contributed by atoms with Gasteiger partial charge in [-0.3, -0.25) is 0 Å². The third kappa shape index (κ3) is 9.23. The average Bonchev–Trinajstić information content (AvgIpc) is 1.59. The third-order valence-electron chi connectivity index (χ3n) is 17.1. The average molecular weight is 1200 g/mol. The second kappa shape index (κ2) is 22.1. The molecule has 434 valence electrons. The molecule has 13 aromatic carbocycles. The Morgan fingerprint density at radius 1 is 0.337 bits per heavy atom. The van der Waals surface area contributed by atoms with Gasteiger partial charge in [0.05, 0.1) is 53.9 Å². The van der Waals surface area contributed by atoms with Gasteiger partial charge in [-0.15, -0.1) is 0 Å². The molecule has 0 bridgehead atoms. The molecule has 17 rings (SSSR count). The van der Waals surface area contributed by atoms with E-state index >= 15 is 0 Å². The minimum atomic E-state index is -0.885. The van der Waals surface area contributed by atoms with Gasteiger partial charge in [-0.25, -0.2) is 15.0 Å². The second-order valence-electron chi connectivity index (χ2n) is 23.4. The number of benzene rings is 13. The Morgan fingerprint density at radius 2 is 0.815 bits per heavy atom. The highest BCUT2D eigenvalue weighted by atomic mass is 15.2. The summed E-state index contributed by atoms with van der Waals surface area (Å²) in [5.41, 5.74) is 7.93. The number of anilines is 6. The highest BCUT2D eigenvalue weighted by Crippen LogP contribution is 2.53. The third-order valence-corrected chi connectivity index (χ3v) is 17.1. The Labute approximate surface area is 569 Å². The summed E-state index contributed by atoms with van der Waals surface area (Å²) in [7, 11) is 0. The second-order valence-corrected chi connectivity index (χ2v) is 23.4. The summed E-state index contributed by atoms with van der Waals surface area (Å²) in [5, 5.41) is -0.261. The lowest BCUT2D eigenvalue weighted by molar-refractivity contribution is 0.590. The minimum absolute atomic E-state index is 0.115. The molecular formula is C85H61BN6. The number of rotatable bonds is 10. The maximum absolute atomic E-state index is 9.66. The van der Waals surface area contributed by atoms with Crippen LogP contribution < -0.4 is 26.2 Å². The topological polar surface area (TPSA) is 50.1 Å². The van der Waals surface area contributed by atoms with E-state index < -0.39 is 174 Å². The van der Waals surface area contributed by atoms with Gasteiger partial charge in [0.2, 0.25) is 0 Å². The lowest BCUT2D eigenvalue weighted by Crippen LogP contribution is -2.61. The first-order valence-corrected chi connectivity index (χ1v) is 29.8. The monoisotopic (exact) mass is 1200 g/mol. The van der Waals surface area contributed by atoms with E-state index in [9.17, 15) is 13.7 Å². The van der Waals surface area contributed by atoms with Crippen LogP contribution in [0.4, 0.5) is 34.1 Å². The van der Waals surface area contributed by atoms with E-state index in [0.717, 1.165) is 22.3 Å². The van der Waals surface area contributed by atoms with E-state index in [-0.39, 0.29) is 55.7 Å². The van der Waals surface area contributed by atoms with Gasteiger partial charge in [0, 0.05) is 67.0 Å². The van der Waals surface area contributed by atoms with Crippen LogP contribution >= 0.6 is 0 Å². The fourth-order valence-corrected chi connectivity index (χ4v) is 12.9. The molecule has 2 aliphatic heterocycles. The SMILES string of the molecule is [2H]c1c([2H])c([2H])c(-c2ccc3c(c2)N(c2c(-c4ccccc4)cc(C(C)(C)C)cc2-c2nc(-c4c([2H])c([2H])c([2H])c([2H])c4[2H])nc(-c4c([2H])c([2H])c([2H])c([2H])c4[2H])n2)c2cccc4c2B3c2ccc(-n3c5c([2H])c([2H])c([2H])c([2H])c5c5c([2H])c([2H])c([2H])c([2H])c53)cc2N4c2ccc(-c3ccccc3)cc2-c2ccccc2)c([2H])c1[2H].